The number of nitroso groups, excluding NO2 is 1. The van der Waals surface area contributed by atoms with Gasteiger partial charge in [0.05, 0.1) is 12.4 Å². The van der Waals surface area contributed by atoms with Crippen LogP contribution in [0.2, 0.25) is 0 Å². The van der Waals surface area contributed by atoms with E-state index in [0.717, 1.165) is 0 Å². The second-order valence-electron chi connectivity index (χ2n) is 2.78. The summed E-state index contributed by atoms with van der Waals surface area (Å²) < 4.78 is 4.46. The number of guanidine groups is 1. The van der Waals surface area contributed by atoms with Gasteiger partial charge in [0, 0.05) is 6.54 Å². The summed E-state index contributed by atoms with van der Waals surface area (Å²) in [6, 6.07) is -0.749. The molecule has 0 aromatic carbocycles. The standard InChI is InChI=1S/C7H15N5O3/c1-15-6(13)5(11-12-14)3-2-4-10-7(8)9/h5H,2-4H2,1H3,(H,11,14)(H4,8,9,10). The van der Waals surface area contributed by atoms with Crippen molar-refractivity contribution in [1.29, 1.82) is 5.41 Å². The molecule has 8 nitrogen and oxygen atoms in total. The van der Waals surface area contributed by atoms with Crippen LogP contribution in [0.4, 0.5) is 0 Å². The maximum atomic E-state index is 11.1. The number of nitrogens with one attached hydrogen (secondary N) is 3. The predicted octanol–water partition coefficient (Wildman–Crippen LogP) is -0.938. The van der Waals surface area contributed by atoms with Crippen LogP contribution in [0, 0.1) is 10.3 Å². The highest BCUT2D eigenvalue weighted by Crippen LogP contribution is 1.98. The van der Waals surface area contributed by atoms with Crippen LogP contribution in [0.1, 0.15) is 12.8 Å². The number of carbonyl (C=O) groups is 1. The van der Waals surface area contributed by atoms with Gasteiger partial charge in [0.25, 0.3) is 0 Å². The lowest BCUT2D eigenvalue weighted by molar-refractivity contribution is -0.143. The molecule has 0 spiro atoms. The fourth-order valence-electron chi connectivity index (χ4n) is 0.970. The van der Waals surface area contributed by atoms with Crippen molar-refractivity contribution in [1.82, 2.24) is 10.7 Å². The highest BCUT2D eigenvalue weighted by Gasteiger charge is 2.17. The van der Waals surface area contributed by atoms with Crippen molar-refractivity contribution in [2.75, 3.05) is 13.7 Å². The maximum Gasteiger partial charge on any atom is 0.330 e. The van der Waals surface area contributed by atoms with Crippen molar-refractivity contribution in [2.24, 2.45) is 11.0 Å². The van der Waals surface area contributed by atoms with E-state index in [9.17, 15) is 9.70 Å². The molecular weight excluding hydrogens is 202 g/mol. The smallest absolute Gasteiger partial charge is 0.330 e. The minimum absolute atomic E-state index is 0.133. The summed E-state index contributed by atoms with van der Waals surface area (Å²) in [7, 11) is 1.23. The van der Waals surface area contributed by atoms with Crippen LogP contribution in [-0.4, -0.2) is 31.6 Å². The van der Waals surface area contributed by atoms with Crippen molar-refractivity contribution >= 4 is 11.9 Å². The first-order valence-corrected chi connectivity index (χ1v) is 4.35. The molecule has 0 aliphatic carbocycles. The van der Waals surface area contributed by atoms with Crippen molar-refractivity contribution in [3.05, 3.63) is 4.91 Å². The molecule has 0 heterocycles. The van der Waals surface area contributed by atoms with Gasteiger partial charge >= 0.3 is 5.97 Å². The summed E-state index contributed by atoms with van der Waals surface area (Å²) in [4.78, 5) is 21.0. The van der Waals surface area contributed by atoms with Gasteiger partial charge in [-0.15, -0.1) is 4.91 Å². The Morgan fingerprint density at radius 2 is 2.33 bits per heavy atom. The maximum absolute atomic E-state index is 11.1. The number of ether oxygens (including phenoxy) is 1. The lowest BCUT2D eigenvalue weighted by Gasteiger charge is -2.12. The molecule has 0 aromatic rings. The van der Waals surface area contributed by atoms with E-state index in [2.05, 4.69) is 20.8 Å². The molecule has 0 radical (unpaired) electrons. The zero-order valence-electron chi connectivity index (χ0n) is 8.45. The third-order valence-corrected chi connectivity index (χ3v) is 1.68. The molecule has 0 aliphatic heterocycles. The summed E-state index contributed by atoms with van der Waals surface area (Å²) in [6.45, 7) is 0.448. The first kappa shape index (κ1) is 13.1. The van der Waals surface area contributed by atoms with Gasteiger partial charge in [-0.25, -0.2) is 4.79 Å². The van der Waals surface area contributed by atoms with Gasteiger partial charge in [0.15, 0.2) is 5.96 Å². The third kappa shape index (κ3) is 6.24. The van der Waals surface area contributed by atoms with Gasteiger partial charge in [-0.1, -0.05) is 0 Å². The second kappa shape index (κ2) is 7.54. The molecule has 0 fully saturated rings. The molecule has 0 bridgehead atoms. The molecule has 1 atom stereocenters. The Labute approximate surface area is 87.0 Å². The van der Waals surface area contributed by atoms with E-state index in [1.54, 1.807) is 0 Å². The van der Waals surface area contributed by atoms with E-state index in [4.69, 9.17) is 11.1 Å². The quantitative estimate of drug-likeness (QED) is 0.109. The van der Waals surface area contributed by atoms with E-state index < -0.39 is 12.0 Å². The molecule has 0 rings (SSSR count). The summed E-state index contributed by atoms with van der Waals surface area (Å²) in [5, 5.41) is 11.9. The van der Waals surface area contributed by atoms with E-state index in [0.29, 0.717) is 19.4 Å². The van der Waals surface area contributed by atoms with Crippen LogP contribution in [0.5, 0.6) is 0 Å². The van der Waals surface area contributed by atoms with E-state index in [1.807, 2.05) is 0 Å². The molecule has 5 N–H and O–H groups in total. The monoisotopic (exact) mass is 217 g/mol. The highest BCUT2D eigenvalue weighted by atomic mass is 16.5. The SMILES string of the molecule is COC(=O)C(CCCNC(=N)N)NN=O. The van der Waals surface area contributed by atoms with Crippen molar-refractivity contribution in [3.63, 3.8) is 0 Å². The van der Waals surface area contributed by atoms with E-state index in [1.165, 1.54) is 7.11 Å². The molecule has 86 valence electrons. The zero-order valence-corrected chi connectivity index (χ0v) is 8.45. The summed E-state index contributed by atoms with van der Waals surface area (Å²) in [5.41, 5.74) is 7.15. The Morgan fingerprint density at radius 3 is 2.80 bits per heavy atom. The number of nitrogens with two attached hydrogens (primary N) is 1. The normalized spacial score (nSPS) is 11.3. The van der Waals surface area contributed by atoms with Gasteiger partial charge in [-0.3, -0.25) is 10.8 Å². The van der Waals surface area contributed by atoms with Crippen LogP contribution in [-0.2, 0) is 9.53 Å². The highest BCUT2D eigenvalue weighted by molar-refractivity contribution is 5.75. The molecule has 0 aliphatic rings. The molecule has 8 heteroatoms. The van der Waals surface area contributed by atoms with Gasteiger partial charge in [-0.2, -0.15) is 0 Å². The van der Waals surface area contributed by atoms with Gasteiger partial charge in [-0.05, 0) is 12.8 Å². The largest absolute Gasteiger partial charge is 0.467 e. The van der Waals surface area contributed by atoms with Crippen LogP contribution >= 0.6 is 0 Å². The molecule has 1 unspecified atom stereocenters. The molecule has 0 amide bonds. The molecule has 0 saturated carbocycles. The second-order valence-corrected chi connectivity index (χ2v) is 2.78. The Hall–Kier alpha value is -1.86. The number of esters is 1. The zero-order chi connectivity index (χ0) is 11.7. The minimum atomic E-state index is -0.749. The Balaban J connectivity index is 3.80. The molecular formula is C7H15N5O3. The van der Waals surface area contributed by atoms with Crippen LogP contribution in [0.3, 0.4) is 0 Å². The predicted molar refractivity (Wildman–Crippen MR) is 53.9 cm³/mol. The molecule has 15 heavy (non-hydrogen) atoms. The van der Waals surface area contributed by atoms with Gasteiger partial charge in [0.1, 0.15) is 6.04 Å². The topological polar surface area (TPSA) is 130 Å². The van der Waals surface area contributed by atoms with Crippen molar-refractivity contribution in [2.45, 2.75) is 18.9 Å². The summed E-state index contributed by atoms with van der Waals surface area (Å²) >= 11 is 0. The fourth-order valence-corrected chi connectivity index (χ4v) is 0.970. The van der Waals surface area contributed by atoms with Crippen LogP contribution in [0.15, 0.2) is 5.29 Å². The Morgan fingerprint density at radius 1 is 1.67 bits per heavy atom. The van der Waals surface area contributed by atoms with Crippen LogP contribution < -0.4 is 16.5 Å². The van der Waals surface area contributed by atoms with Gasteiger partial charge < -0.3 is 15.8 Å². The lowest BCUT2D eigenvalue weighted by Crippen LogP contribution is -2.36. The summed E-state index contributed by atoms with van der Waals surface area (Å²) in [6.07, 6.45) is 0.931. The Bertz CT molecular complexity index is 233. The average molecular weight is 217 g/mol. The van der Waals surface area contributed by atoms with Crippen molar-refractivity contribution in [3.8, 4) is 0 Å². The average Bonchev–Trinajstić information content (AvgIpc) is 2.21. The lowest BCUT2D eigenvalue weighted by atomic mass is 10.1. The number of hydrogen-bond donors (Lipinski definition) is 4. The third-order valence-electron chi connectivity index (χ3n) is 1.68. The van der Waals surface area contributed by atoms with E-state index >= 15 is 0 Å². The fraction of sp³-hybridized carbons (Fsp3) is 0.714. The number of carbonyl (C=O) groups excluding carboxylic acids is 1. The van der Waals surface area contributed by atoms with Crippen LogP contribution in [0.25, 0.3) is 0 Å². The molecule has 0 aromatic heterocycles. The number of methoxy groups -OCH3 is 1. The number of nitrogens with zero attached hydrogens (tertiary/aromatic N) is 1. The first-order chi connectivity index (χ1) is 7.11. The Kier molecular flexibility index (Phi) is 6.60. The minimum Gasteiger partial charge on any atom is -0.467 e. The summed E-state index contributed by atoms with van der Waals surface area (Å²) in [5.74, 6) is -0.677. The van der Waals surface area contributed by atoms with Crippen molar-refractivity contribution < 1.29 is 9.53 Å². The number of rotatable bonds is 7. The molecule has 0 saturated heterocycles. The van der Waals surface area contributed by atoms with E-state index in [-0.39, 0.29) is 5.96 Å². The number of hydrogen-bond acceptors (Lipinski definition) is 5. The van der Waals surface area contributed by atoms with Gasteiger partial charge in [0.2, 0.25) is 0 Å². The first-order valence-electron chi connectivity index (χ1n) is 4.35.